The van der Waals surface area contributed by atoms with Crippen LogP contribution in [-0.2, 0) is 9.59 Å². The third-order valence-corrected chi connectivity index (χ3v) is 3.44. The Hall–Kier alpha value is -1.14. The lowest BCUT2D eigenvalue weighted by Crippen LogP contribution is -2.55. The maximum atomic E-state index is 12.5. The molecule has 0 fully saturated rings. The van der Waals surface area contributed by atoms with Crippen molar-refractivity contribution in [3.63, 3.8) is 0 Å². The first-order chi connectivity index (χ1) is 11.6. The van der Waals surface area contributed by atoms with Gasteiger partial charge in [-0.3, -0.25) is 9.59 Å². The molecule has 0 aromatic heterocycles. The van der Waals surface area contributed by atoms with E-state index in [0.29, 0.717) is 13.1 Å². The number of unbranched alkanes of at least 4 members (excludes halogenated alkanes) is 1. The zero-order valence-corrected chi connectivity index (χ0v) is 18.4. The summed E-state index contributed by atoms with van der Waals surface area (Å²) >= 11 is 0. The summed E-state index contributed by atoms with van der Waals surface area (Å²) < 4.78 is 0. The van der Waals surface area contributed by atoms with Crippen molar-refractivity contribution in [1.82, 2.24) is 21.3 Å². The van der Waals surface area contributed by atoms with Crippen molar-refractivity contribution < 1.29 is 9.59 Å². The summed E-state index contributed by atoms with van der Waals surface area (Å²) in [6, 6.07) is -0.229. The molecule has 0 saturated heterocycles. The topological polar surface area (TPSA) is 82.3 Å². The third kappa shape index (κ3) is 15.1. The molecule has 26 heavy (non-hydrogen) atoms. The molecule has 4 N–H and O–H groups in total. The average molecular weight is 371 g/mol. The van der Waals surface area contributed by atoms with E-state index in [-0.39, 0.29) is 34.5 Å². The van der Waals surface area contributed by atoms with E-state index in [1.165, 1.54) is 0 Å². The summed E-state index contributed by atoms with van der Waals surface area (Å²) in [5, 5.41) is 12.5. The number of amides is 2. The molecule has 0 aliphatic carbocycles. The number of carbonyl (C=O) groups excluding carboxylic acids is 2. The fourth-order valence-electron chi connectivity index (χ4n) is 2.36. The van der Waals surface area contributed by atoms with Gasteiger partial charge in [0.25, 0.3) is 0 Å². The predicted octanol–water partition coefficient (Wildman–Crippen LogP) is 2.33. The Morgan fingerprint density at radius 2 is 1.38 bits per heavy atom. The first-order valence-electron chi connectivity index (χ1n) is 9.70. The third-order valence-electron chi connectivity index (χ3n) is 3.44. The quantitative estimate of drug-likeness (QED) is 0.470. The highest BCUT2D eigenvalue weighted by molar-refractivity contribution is 5.82. The minimum Gasteiger partial charge on any atom is -0.355 e. The second kappa shape index (κ2) is 10.3. The number of hydrogen-bond donors (Lipinski definition) is 4. The lowest BCUT2D eigenvalue weighted by molar-refractivity contribution is -0.125. The van der Waals surface area contributed by atoms with Crippen molar-refractivity contribution in [1.29, 1.82) is 0 Å². The van der Waals surface area contributed by atoms with Crippen LogP contribution >= 0.6 is 0 Å². The lowest BCUT2D eigenvalue weighted by atomic mass is 10.0. The number of nitrogens with one attached hydrogen (secondary N) is 4. The number of carbonyl (C=O) groups is 2. The summed E-state index contributed by atoms with van der Waals surface area (Å²) in [6.45, 7) is 19.2. The van der Waals surface area contributed by atoms with E-state index in [9.17, 15) is 9.59 Å². The highest BCUT2D eigenvalue weighted by Crippen LogP contribution is 2.10. The van der Waals surface area contributed by atoms with Gasteiger partial charge >= 0.3 is 0 Å². The SMILES string of the molecule is CC(C)(C)NCC(=O)NCCCCC(NC(C)(C)C)C(=O)NC(C)(C)C. The molecule has 0 aliphatic rings. The second-order valence-corrected chi connectivity index (χ2v) is 10.1. The van der Waals surface area contributed by atoms with Crippen molar-refractivity contribution in [3.05, 3.63) is 0 Å². The standard InChI is InChI=1S/C20H42N4O2/c1-18(2,3)22-14-16(25)21-13-11-10-12-15(23-19(4,5)6)17(26)24-20(7,8)9/h15,22-23H,10-14H2,1-9H3,(H,21,25)(H,24,26). The van der Waals surface area contributed by atoms with E-state index in [4.69, 9.17) is 0 Å². The van der Waals surface area contributed by atoms with Crippen LogP contribution in [0.5, 0.6) is 0 Å². The normalized spacial score (nSPS) is 14.0. The van der Waals surface area contributed by atoms with Crippen LogP contribution in [0, 0.1) is 0 Å². The molecule has 0 aromatic carbocycles. The Balaban J connectivity index is 4.29. The monoisotopic (exact) mass is 370 g/mol. The minimum atomic E-state index is -0.247. The molecule has 0 aliphatic heterocycles. The summed E-state index contributed by atoms with van der Waals surface area (Å²) in [5.41, 5.74) is -0.445. The van der Waals surface area contributed by atoms with E-state index in [1.807, 2.05) is 41.5 Å². The molecule has 0 radical (unpaired) electrons. The van der Waals surface area contributed by atoms with E-state index >= 15 is 0 Å². The van der Waals surface area contributed by atoms with Gasteiger partial charge in [-0.15, -0.1) is 0 Å². The van der Waals surface area contributed by atoms with Crippen LogP contribution in [-0.4, -0.2) is 47.6 Å². The molecule has 1 unspecified atom stereocenters. The molecule has 154 valence electrons. The molecule has 0 aromatic rings. The molecule has 6 heteroatoms. The first kappa shape index (κ1) is 24.9. The predicted molar refractivity (Wildman–Crippen MR) is 109 cm³/mol. The second-order valence-electron chi connectivity index (χ2n) is 10.1. The van der Waals surface area contributed by atoms with Crippen LogP contribution in [0.2, 0.25) is 0 Å². The first-order valence-corrected chi connectivity index (χ1v) is 9.70. The lowest BCUT2D eigenvalue weighted by Gasteiger charge is -2.31. The molecule has 0 spiro atoms. The van der Waals surface area contributed by atoms with Gasteiger partial charge in [-0.25, -0.2) is 0 Å². The maximum absolute atomic E-state index is 12.5. The zero-order chi connectivity index (χ0) is 20.6. The smallest absolute Gasteiger partial charge is 0.237 e. The van der Waals surface area contributed by atoms with Crippen molar-refractivity contribution in [3.8, 4) is 0 Å². The van der Waals surface area contributed by atoms with Crippen LogP contribution in [0.15, 0.2) is 0 Å². The van der Waals surface area contributed by atoms with Gasteiger partial charge in [-0.1, -0.05) is 0 Å². The van der Waals surface area contributed by atoms with Crippen molar-refractivity contribution in [2.24, 2.45) is 0 Å². The van der Waals surface area contributed by atoms with Crippen LogP contribution < -0.4 is 21.3 Å². The van der Waals surface area contributed by atoms with Gasteiger partial charge in [0.1, 0.15) is 0 Å². The molecule has 0 saturated carbocycles. The van der Waals surface area contributed by atoms with Gasteiger partial charge in [0.05, 0.1) is 12.6 Å². The fraction of sp³-hybridized carbons (Fsp3) is 0.900. The largest absolute Gasteiger partial charge is 0.355 e. The Kier molecular flexibility index (Phi) is 9.81. The molecule has 0 bridgehead atoms. The van der Waals surface area contributed by atoms with Crippen LogP contribution in [0.3, 0.4) is 0 Å². The summed E-state index contributed by atoms with van der Waals surface area (Å²) in [7, 11) is 0. The molecule has 2 amide bonds. The number of rotatable bonds is 9. The highest BCUT2D eigenvalue weighted by Gasteiger charge is 2.26. The van der Waals surface area contributed by atoms with E-state index in [0.717, 1.165) is 19.3 Å². The number of hydrogen-bond acceptors (Lipinski definition) is 4. The van der Waals surface area contributed by atoms with Gasteiger partial charge < -0.3 is 21.3 Å². The Morgan fingerprint density at radius 3 is 1.85 bits per heavy atom. The summed E-state index contributed by atoms with van der Waals surface area (Å²) in [5.74, 6) is 0.0422. The van der Waals surface area contributed by atoms with Crippen molar-refractivity contribution in [2.75, 3.05) is 13.1 Å². The van der Waals surface area contributed by atoms with E-state index in [2.05, 4.69) is 42.0 Å². The molecular formula is C20H42N4O2. The van der Waals surface area contributed by atoms with E-state index < -0.39 is 0 Å². The van der Waals surface area contributed by atoms with E-state index in [1.54, 1.807) is 0 Å². The summed E-state index contributed by atoms with van der Waals surface area (Å²) in [6.07, 6.45) is 2.47. The molecule has 0 rings (SSSR count). The van der Waals surface area contributed by atoms with Crippen molar-refractivity contribution >= 4 is 11.8 Å². The van der Waals surface area contributed by atoms with Gasteiger partial charge in [0, 0.05) is 23.2 Å². The Morgan fingerprint density at radius 1 is 0.808 bits per heavy atom. The van der Waals surface area contributed by atoms with Crippen LogP contribution in [0.4, 0.5) is 0 Å². The van der Waals surface area contributed by atoms with Gasteiger partial charge in [0.2, 0.25) is 11.8 Å². The van der Waals surface area contributed by atoms with Crippen molar-refractivity contribution in [2.45, 2.75) is 104 Å². The van der Waals surface area contributed by atoms with Gasteiger partial charge in [0.15, 0.2) is 0 Å². The molecule has 1 atom stereocenters. The van der Waals surface area contributed by atoms with Gasteiger partial charge in [-0.2, -0.15) is 0 Å². The van der Waals surface area contributed by atoms with Gasteiger partial charge in [-0.05, 0) is 81.6 Å². The summed E-state index contributed by atoms with van der Waals surface area (Å²) in [4.78, 5) is 24.3. The Labute approximate surface area is 160 Å². The molecular weight excluding hydrogens is 328 g/mol. The van der Waals surface area contributed by atoms with Crippen LogP contribution in [0.25, 0.3) is 0 Å². The fourth-order valence-corrected chi connectivity index (χ4v) is 2.36. The molecule has 6 nitrogen and oxygen atoms in total. The Bertz CT molecular complexity index is 442. The highest BCUT2D eigenvalue weighted by atomic mass is 16.2. The average Bonchev–Trinajstić information content (AvgIpc) is 2.39. The minimum absolute atomic E-state index is 0.00904. The van der Waals surface area contributed by atoms with Crippen LogP contribution in [0.1, 0.15) is 81.6 Å². The molecule has 0 heterocycles. The zero-order valence-electron chi connectivity index (χ0n) is 18.4. The maximum Gasteiger partial charge on any atom is 0.237 e.